The highest BCUT2D eigenvalue weighted by Crippen LogP contribution is 2.31. The summed E-state index contributed by atoms with van der Waals surface area (Å²) in [6, 6.07) is 20.8. The lowest BCUT2D eigenvalue weighted by Crippen LogP contribution is -2.41. The Kier molecular flexibility index (Phi) is 6.44. The largest absolute Gasteiger partial charge is 0.326 e. The zero-order valence-electron chi connectivity index (χ0n) is 19.7. The van der Waals surface area contributed by atoms with E-state index >= 15 is 0 Å². The minimum absolute atomic E-state index is 0.0689. The summed E-state index contributed by atoms with van der Waals surface area (Å²) in [5.74, 6) is -0.285. The van der Waals surface area contributed by atoms with E-state index in [4.69, 9.17) is 4.98 Å². The number of carbonyl (C=O) groups is 1. The average Bonchev–Trinajstić information content (AvgIpc) is 3.28. The van der Waals surface area contributed by atoms with Crippen LogP contribution in [0.4, 0.5) is 5.69 Å². The van der Waals surface area contributed by atoms with Gasteiger partial charge in [-0.05, 0) is 80.8 Å². The standard InChI is InChI=1S/C27H27N3O3S2/c1-18-3-10-23(11-4-18)35(32,33)30-15-13-20(14-16-30)26(31)28-22-8-6-21(7-9-22)27-29-24-12-5-19(2)17-25(24)34-27/h3-12,17,20H,13-16H2,1-2H3,(H,28,31). The van der Waals surface area contributed by atoms with Gasteiger partial charge >= 0.3 is 0 Å². The molecule has 0 unspecified atom stereocenters. The zero-order chi connectivity index (χ0) is 24.6. The number of hydrogen-bond acceptors (Lipinski definition) is 5. The van der Waals surface area contributed by atoms with E-state index in [9.17, 15) is 13.2 Å². The molecule has 6 nitrogen and oxygen atoms in total. The summed E-state index contributed by atoms with van der Waals surface area (Å²) in [4.78, 5) is 17.9. The second-order valence-electron chi connectivity index (χ2n) is 9.05. The first-order valence-electron chi connectivity index (χ1n) is 11.6. The van der Waals surface area contributed by atoms with Gasteiger partial charge in [0.25, 0.3) is 0 Å². The van der Waals surface area contributed by atoms with Crippen LogP contribution in [0.2, 0.25) is 0 Å². The van der Waals surface area contributed by atoms with Gasteiger partial charge in [0.15, 0.2) is 0 Å². The molecule has 35 heavy (non-hydrogen) atoms. The van der Waals surface area contributed by atoms with E-state index in [2.05, 4.69) is 24.4 Å². The molecule has 0 radical (unpaired) electrons. The molecule has 0 saturated carbocycles. The molecule has 8 heteroatoms. The van der Waals surface area contributed by atoms with Gasteiger partial charge in [-0.15, -0.1) is 11.3 Å². The predicted octanol–water partition coefficient (Wildman–Crippen LogP) is 5.62. The van der Waals surface area contributed by atoms with Crippen LogP contribution < -0.4 is 5.32 Å². The summed E-state index contributed by atoms with van der Waals surface area (Å²) in [7, 11) is -3.53. The van der Waals surface area contributed by atoms with Crippen LogP contribution in [0, 0.1) is 19.8 Å². The summed E-state index contributed by atoms with van der Waals surface area (Å²) in [6.07, 6.45) is 1.00. The quantitative estimate of drug-likeness (QED) is 0.382. The fraction of sp³-hybridized carbons (Fsp3) is 0.259. The van der Waals surface area contributed by atoms with Crippen molar-refractivity contribution in [3.05, 3.63) is 77.9 Å². The predicted molar refractivity (Wildman–Crippen MR) is 141 cm³/mol. The lowest BCUT2D eigenvalue weighted by molar-refractivity contribution is -0.120. The Balaban J connectivity index is 1.20. The average molecular weight is 506 g/mol. The van der Waals surface area contributed by atoms with Crippen molar-refractivity contribution in [2.75, 3.05) is 18.4 Å². The van der Waals surface area contributed by atoms with Gasteiger partial charge in [-0.25, -0.2) is 13.4 Å². The van der Waals surface area contributed by atoms with Crippen molar-refractivity contribution in [2.45, 2.75) is 31.6 Å². The normalized spacial score (nSPS) is 15.4. The molecule has 3 aromatic carbocycles. The van der Waals surface area contributed by atoms with E-state index in [1.54, 1.807) is 35.6 Å². The minimum Gasteiger partial charge on any atom is -0.326 e. The maximum Gasteiger partial charge on any atom is 0.243 e. The Hall–Kier alpha value is -3.07. The number of piperidine rings is 1. The number of benzene rings is 3. The second-order valence-corrected chi connectivity index (χ2v) is 12.0. The van der Waals surface area contributed by atoms with Crippen molar-refractivity contribution in [3.63, 3.8) is 0 Å². The van der Waals surface area contributed by atoms with E-state index in [0.717, 1.165) is 32.0 Å². The van der Waals surface area contributed by atoms with Crippen LogP contribution in [0.3, 0.4) is 0 Å². The van der Waals surface area contributed by atoms with Gasteiger partial charge < -0.3 is 5.32 Å². The molecule has 180 valence electrons. The van der Waals surface area contributed by atoms with Crippen LogP contribution in [-0.4, -0.2) is 36.7 Å². The maximum absolute atomic E-state index is 12.9. The molecule has 0 aliphatic carbocycles. The van der Waals surface area contributed by atoms with E-state index in [0.29, 0.717) is 30.8 Å². The fourth-order valence-electron chi connectivity index (χ4n) is 4.31. The SMILES string of the molecule is Cc1ccc(S(=O)(=O)N2CCC(C(=O)Nc3ccc(-c4nc5ccc(C)cc5s4)cc3)CC2)cc1. The molecule has 1 amide bonds. The number of amides is 1. The number of rotatable bonds is 5. The third-order valence-electron chi connectivity index (χ3n) is 6.43. The maximum atomic E-state index is 12.9. The summed E-state index contributed by atoms with van der Waals surface area (Å²) in [5, 5.41) is 3.94. The molecule has 0 atom stereocenters. The number of thiazole rings is 1. The van der Waals surface area contributed by atoms with Crippen molar-refractivity contribution < 1.29 is 13.2 Å². The third kappa shape index (κ3) is 5.00. The van der Waals surface area contributed by atoms with Crippen molar-refractivity contribution in [3.8, 4) is 10.6 Å². The number of aryl methyl sites for hydroxylation is 2. The van der Waals surface area contributed by atoms with Gasteiger partial charge in [0.1, 0.15) is 5.01 Å². The topological polar surface area (TPSA) is 79.4 Å². The first kappa shape index (κ1) is 23.7. The molecule has 1 aromatic heterocycles. The van der Waals surface area contributed by atoms with Crippen LogP contribution in [0.15, 0.2) is 71.6 Å². The number of aromatic nitrogens is 1. The summed E-state index contributed by atoms with van der Waals surface area (Å²) in [6.45, 7) is 4.67. The number of nitrogens with zero attached hydrogens (tertiary/aromatic N) is 2. The zero-order valence-corrected chi connectivity index (χ0v) is 21.3. The Labute approximate surface area is 209 Å². The Bertz CT molecular complexity index is 1470. The number of carbonyl (C=O) groups excluding carboxylic acids is 1. The van der Waals surface area contributed by atoms with Crippen molar-refractivity contribution >= 4 is 43.2 Å². The van der Waals surface area contributed by atoms with Gasteiger partial charge in [-0.3, -0.25) is 4.79 Å². The van der Waals surface area contributed by atoms with E-state index in [1.165, 1.54) is 9.87 Å². The lowest BCUT2D eigenvalue weighted by atomic mass is 9.97. The van der Waals surface area contributed by atoms with Crippen LogP contribution in [0.5, 0.6) is 0 Å². The summed E-state index contributed by atoms with van der Waals surface area (Å²) in [5.41, 5.74) is 4.96. The Morgan fingerprint density at radius 3 is 2.29 bits per heavy atom. The van der Waals surface area contributed by atoms with Crippen molar-refractivity contribution in [2.24, 2.45) is 5.92 Å². The van der Waals surface area contributed by atoms with Gasteiger partial charge in [-0.2, -0.15) is 4.31 Å². The highest BCUT2D eigenvalue weighted by Gasteiger charge is 2.32. The van der Waals surface area contributed by atoms with E-state index < -0.39 is 10.0 Å². The van der Waals surface area contributed by atoms with Gasteiger partial charge in [0.05, 0.1) is 15.1 Å². The Morgan fingerprint density at radius 1 is 0.943 bits per heavy atom. The monoisotopic (exact) mass is 505 g/mol. The molecule has 1 aliphatic heterocycles. The fourth-order valence-corrected chi connectivity index (χ4v) is 6.85. The Morgan fingerprint density at radius 2 is 1.60 bits per heavy atom. The number of nitrogens with one attached hydrogen (secondary N) is 1. The number of sulfonamides is 1. The second kappa shape index (κ2) is 9.53. The smallest absolute Gasteiger partial charge is 0.243 e. The molecule has 4 aromatic rings. The van der Waals surface area contributed by atoms with Crippen LogP contribution in [0.25, 0.3) is 20.8 Å². The molecule has 1 N–H and O–H groups in total. The number of fused-ring (bicyclic) bond motifs is 1. The van der Waals surface area contributed by atoms with Gasteiger partial charge in [-0.1, -0.05) is 23.8 Å². The van der Waals surface area contributed by atoms with Crippen LogP contribution in [0.1, 0.15) is 24.0 Å². The van der Waals surface area contributed by atoms with Gasteiger partial charge in [0.2, 0.25) is 15.9 Å². The highest BCUT2D eigenvalue weighted by molar-refractivity contribution is 7.89. The molecule has 1 saturated heterocycles. The molecule has 1 aliphatic rings. The van der Waals surface area contributed by atoms with Gasteiger partial charge in [0, 0.05) is 30.3 Å². The molecule has 0 spiro atoms. The van der Waals surface area contributed by atoms with Crippen molar-refractivity contribution in [1.82, 2.24) is 9.29 Å². The molecule has 5 rings (SSSR count). The van der Waals surface area contributed by atoms with Crippen LogP contribution >= 0.6 is 11.3 Å². The molecular weight excluding hydrogens is 478 g/mol. The summed E-state index contributed by atoms with van der Waals surface area (Å²) >= 11 is 1.66. The molecular formula is C27H27N3O3S2. The van der Waals surface area contributed by atoms with Crippen molar-refractivity contribution in [1.29, 1.82) is 0 Å². The van der Waals surface area contributed by atoms with Crippen LogP contribution in [-0.2, 0) is 14.8 Å². The van der Waals surface area contributed by atoms with E-state index in [-0.39, 0.29) is 11.8 Å². The lowest BCUT2D eigenvalue weighted by Gasteiger charge is -2.30. The third-order valence-corrected chi connectivity index (χ3v) is 9.41. The minimum atomic E-state index is -3.53. The number of hydrogen-bond donors (Lipinski definition) is 1. The summed E-state index contributed by atoms with van der Waals surface area (Å²) < 4.78 is 28.5. The first-order chi connectivity index (χ1) is 16.8. The number of anilines is 1. The molecule has 1 fully saturated rings. The first-order valence-corrected chi connectivity index (χ1v) is 13.9. The molecule has 2 heterocycles. The molecule has 0 bridgehead atoms. The highest BCUT2D eigenvalue weighted by atomic mass is 32.2. The van der Waals surface area contributed by atoms with E-state index in [1.807, 2.05) is 37.3 Å².